The van der Waals surface area contributed by atoms with Gasteiger partial charge in [-0.05, 0) is 43.4 Å². The molecule has 0 bridgehead atoms. The van der Waals surface area contributed by atoms with Crippen LogP contribution < -0.4 is 10.6 Å². The normalized spacial score (nSPS) is 14.9. The Morgan fingerprint density at radius 3 is 2.74 bits per heavy atom. The molecule has 144 valence electrons. The van der Waals surface area contributed by atoms with Crippen molar-refractivity contribution in [2.24, 2.45) is 11.8 Å². The van der Waals surface area contributed by atoms with E-state index in [4.69, 9.17) is 11.6 Å². The maximum atomic E-state index is 13.5. The predicted octanol–water partition coefficient (Wildman–Crippen LogP) is 4.80. The Hall–Kier alpha value is -1.99. The van der Waals surface area contributed by atoms with Crippen LogP contribution in [0.5, 0.6) is 0 Å². The minimum absolute atomic E-state index is 0.00752. The van der Waals surface area contributed by atoms with Gasteiger partial charge in [0.05, 0.1) is 11.1 Å². The summed E-state index contributed by atoms with van der Waals surface area (Å²) in [7, 11) is 0. The molecule has 1 aliphatic rings. The highest BCUT2D eigenvalue weighted by Crippen LogP contribution is 2.31. The van der Waals surface area contributed by atoms with E-state index in [-0.39, 0.29) is 28.6 Å². The number of rotatable bonds is 7. The number of aromatic nitrogens is 1. The summed E-state index contributed by atoms with van der Waals surface area (Å²) in [6, 6.07) is 3.85. The lowest BCUT2D eigenvalue weighted by molar-refractivity contribution is -0.123. The third-order valence-electron chi connectivity index (χ3n) is 4.20. The van der Waals surface area contributed by atoms with Gasteiger partial charge in [0.15, 0.2) is 0 Å². The molecule has 2 amide bonds. The first-order valence-electron chi connectivity index (χ1n) is 8.85. The predicted molar refractivity (Wildman–Crippen MR) is 105 cm³/mol. The Kier molecular flexibility index (Phi) is 6.11. The van der Waals surface area contributed by atoms with Crippen molar-refractivity contribution in [3.8, 4) is 0 Å². The summed E-state index contributed by atoms with van der Waals surface area (Å²) in [6.45, 7) is 4.15. The van der Waals surface area contributed by atoms with Crippen molar-refractivity contribution in [1.29, 1.82) is 0 Å². The molecule has 1 fully saturated rings. The number of carbonyl (C=O) groups is 2. The van der Waals surface area contributed by atoms with E-state index >= 15 is 0 Å². The van der Waals surface area contributed by atoms with E-state index in [0.717, 1.165) is 25.3 Å². The fourth-order valence-corrected chi connectivity index (χ4v) is 3.63. The van der Waals surface area contributed by atoms with Gasteiger partial charge in [-0.15, -0.1) is 11.3 Å². The van der Waals surface area contributed by atoms with Crippen molar-refractivity contribution in [3.63, 3.8) is 0 Å². The zero-order chi connectivity index (χ0) is 19.6. The number of amides is 2. The van der Waals surface area contributed by atoms with Crippen LogP contribution in [0.1, 0.15) is 54.6 Å². The molecule has 27 heavy (non-hydrogen) atoms. The largest absolute Gasteiger partial charge is 0.347 e. The molecule has 1 heterocycles. The SMILES string of the molecule is CC(C)C[C@@H](NC(=O)C1CC1)c1nc(C(=O)Nc2ccc(Cl)c(F)c2)cs1. The summed E-state index contributed by atoms with van der Waals surface area (Å²) in [6.07, 6.45) is 2.61. The molecular formula is C19H21ClFN3O2S. The minimum Gasteiger partial charge on any atom is -0.347 e. The monoisotopic (exact) mass is 409 g/mol. The second kappa shape index (κ2) is 8.35. The van der Waals surface area contributed by atoms with Crippen LogP contribution in [0.15, 0.2) is 23.6 Å². The number of carbonyl (C=O) groups excluding carboxylic acids is 2. The van der Waals surface area contributed by atoms with Gasteiger partial charge in [0.1, 0.15) is 16.5 Å². The Bertz CT molecular complexity index is 851. The smallest absolute Gasteiger partial charge is 0.275 e. The molecule has 1 aromatic carbocycles. The summed E-state index contributed by atoms with van der Waals surface area (Å²) in [4.78, 5) is 29.0. The Labute approximate surface area is 166 Å². The number of hydrogen-bond donors (Lipinski definition) is 2. The molecule has 5 nitrogen and oxygen atoms in total. The molecule has 0 saturated heterocycles. The number of hydrogen-bond acceptors (Lipinski definition) is 4. The van der Waals surface area contributed by atoms with Gasteiger partial charge in [-0.25, -0.2) is 9.37 Å². The maximum Gasteiger partial charge on any atom is 0.275 e. The van der Waals surface area contributed by atoms with Gasteiger partial charge in [0.2, 0.25) is 5.91 Å². The van der Waals surface area contributed by atoms with Gasteiger partial charge in [-0.1, -0.05) is 25.4 Å². The maximum absolute atomic E-state index is 13.5. The van der Waals surface area contributed by atoms with E-state index in [1.807, 2.05) is 0 Å². The van der Waals surface area contributed by atoms with Gasteiger partial charge in [-0.2, -0.15) is 0 Å². The zero-order valence-corrected chi connectivity index (χ0v) is 16.7. The standard InChI is InChI=1S/C19H21ClFN3O2S/c1-10(2)7-15(23-17(25)11-3-4-11)19-24-16(9-27-19)18(26)22-12-5-6-13(20)14(21)8-12/h5-6,8-11,15H,3-4,7H2,1-2H3,(H,22,26)(H,23,25)/t15-/m1/s1. The second-order valence-electron chi connectivity index (χ2n) is 7.12. The van der Waals surface area contributed by atoms with Crippen molar-refractivity contribution < 1.29 is 14.0 Å². The quantitative estimate of drug-likeness (QED) is 0.689. The van der Waals surface area contributed by atoms with Crippen LogP contribution in [0.25, 0.3) is 0 Å². The Morgan fingerprint density at radius 1 is 1.37 bits per heavy atom. The minimum atomic E-state index is -0.604. The molecule has 3 rings (SSSR count). The van der Waals surface area contributed by atoms with E-state index in [1.54, 1.807) is 5.38 Å². The topological polar surface area (TPSA) is 71.1 Å². The van der Waals surface area contributed by atoms with E-state index < -0.39 is 11.7 Å². The van der Waals surface area contributed by atoms with Crippen LogP contribution in [0.3, 0.4) is 0 Å². The Morgan fingerprint density at radius 2 is 2.11 bits per heavy atom. The van der Waals surface area contributed by atoms with E-state index in [1.165, 1.54) is 23.5 Å². The van der Waals surface area contributed by atoms with Crippen molar-refractivity contribution in [2.45, 2.75) is 39.2 Å². The van der Waals surface area contributed by atoms with Gasteiger partial charge >= 0.3 is 0 Å². The molecule has 1 aliphatic carbocycles. The lowest BCUT2D eigenvalue weighted by Crippen LogP contribution is -2.30. The number of anilines is 1. The van der Waals surface area contributed by atoms with Crippen molar-refractivity contribution in [2.75, 3.05) is 5.32 Å². The third kappa shape index (κ3) is 5.26. The third-order valence-corrected chi connectivity index (χ3v) is 5.47. The number of nitrogens with one attached hydrogen (secondary N) is 2. The summed E-state index contributed by atoms with van der Waals surface area (Å²) in [5.74, 6) is -0.502. The van der Waals surface area contributed by atoms with Crippen LogP contribution in [-0.2, 0) is 4.79 Å². The molecule has 1 saturated carbocycles. The highest BCUT2D eigenvalue weighted by molar-refractivity contribution is 7.10. The summed E-state index contributed by atoms with van der Waals surface area (Å²) in [5, 5.41) is 8.00. The van der Waals surface area contributed by atoms with Crippen LogP contribution in [-0.4, -0.2) is 16.8 Å². The molecule has 0 spiro atoms. The van der Waals surface area contributed by atoms with E-state index in [0.29, 0.717) is 16.6 Å². The molecule has 8 heteroatoms. The summed E-state index contributed by atoms with van der Waals surface area (Å²) < 4.78 is 13.5. The van der Waals surface area contributed by atoms with E-state index in [9.17, 15) is 14.0 Å². The molecule has 1 atom stereocenters. The number of halogens is 2. The fraction of sp³-hybridized carbons (Fsp3) is 0.421. The first kappa shape index (κ1) is 19.8. The van der Waals surface area contributed by atoms with Gasteiger partial charge in [0.25, 0.3) is 5.91 Å². The molecule has 0 radical (unpaired) electrons. The van der Waals surface area contributed by atoms with Crippen LogP contribution in [0.2, 0.25) is 5.02 Å². The second-order valence-corrected chi connectivity index (χ2v) is 8.42. The molecular weight excluding hydrogens is 389 g/mol. The highest BCUT2D eigenvalue weighted by Gasteiger charge is 2.32. The van der Waals surface area contributed by atoms with Gasteiger partial charge in [0, 0.05) is 17.0 Å². The van der Waals surface area contributed by atoms with Crippen molar-refractivity contribution >= 4 is 40.4 Å². The zero-order valence-electron chi connectivity index (χ0n) is 15.1. The van der Waals surface area contributed by atoms with Gasteiger partial charge in [-0.3, -0.25) is 9.59 Å². The first-order valence-corrected chi connectivity index (χ1v) is 10.1. The summed E-state index contributed by atoms with van der Waals surface area (Å²) >= 11 is 6.99. The van der Waals surface area contributed by atoms with E-state index in [2.05, 4.69) is 29.5 Å². The van der Waals surface area contributed by atoms with Gasteiger partial charge < -0.3 is 10.6 Å². The van der Waals surface area contributed by atoms with Crippen molar-refractivity contribution in [1.82, 2.24) is 10.3 Å². The fourth-order valence-electron chi connectivity index (χ4n) is 2.65. The average Bonchev–Trinajstić information content (AvgIpc) is 3.34. The highest BCUT2D eigenvalue weighted by atomic mass is 35.5. The lowest BCUT2D eigenvalue weighted by Gasteiger charge is -2.18. The van der Waals surface area contributed by atoms with Crippen LogP contribution >= 0.6 is 22.9 Å². The number of nitrogens with zero attached hydrogens (tertiary/aromatic N) is 1. The molecule has 2 aromatic rings. The first-order chi connectivity index (χ1) is 12.8. The van der Waals surface area contributed by atoms with Crippen molar-refractivity contribution in [3.05, 3.63) is 45.1 Å². The molecule has 0 unspecified atom stereocenters. The molecule has 1 aromatic heterocycles. The lowest BCUT2D eigenvalue weighted by atomic mass is 10.0. The molecule has 0 aliphatic heterocycles. The number of thiazole rings is 1. The average molecular weight is 410 g/mol. The molecule has 2 N–H and O–H groups in total. The Balaban J connectivity index is 1.71. The van der Waals surface area contributed by atoms with Crippen LogP contribution in [0.4, 0.5) is 10.1 Å². The summed E-state index contributed by atoms with van der Waals surface area (Å²) in [5.41, 5.74) is 0.539. The van der Waals surface area contributed by atoms with Crippen LogP contribution in [0, 0.1) is 17.7 Å². The number of benzene rings is 1.